The second-order valence-electron chi connectivity index (χ2n) is 4.23. The van der Waals surface area contributed by atoms with E-state index in [1.807, 2.05) is 0 Å². The lowest BCUT2D eigenvalue weighted by Gasteiger charge is -2.15. The van der Waals surface area contributed by atoms with E-state index in [2.05, 4.69) is 4.74 Å². The Morgan fingerprint density at radius 1 is 1.45 bits per heavy atom. The SMILES string of the molecule is COC(=O)C=Cc1ccc(Cl)c(CN(C)S(C)(=O)=O)c1. The molecule has 1 aromatic rings. The molecular formula is C13H16ClNO4S. The summed E-state index contributed by atoms with van der Waals surface area (Å²) in [6.07, 6.45) is 3.99. The molecule has 0 saturated heterocycles. The van der Waals surface area contributed by atoms with E-state index in [-0.39, 0.29) is 6.54 Å². The first-order chi connectivity index (χ1) is 9.24. The van der Waals surface area contributed by atoms with Crippen LogP contribution in [0.15, 0.2) is 24.3 Å². The minimum atomic E-state index is -3.28. The fourth-order valence-electron chi connectivity index (χ4n) is 1.41. The predicted octanol–water partition coefficient (Wildman–Crippen LogP) is 1.92. The summed E-state index contributed by atoms with van der Waals surface area (Å²) in [4.78, 5) is 11.0. The van der Waals surface area contributed by atoms with Crippen LogP contribution < -0.4 is 0 Å². The van der Waals surface area contributed by atoms with Gasteiger partial charge < -0.3 is 4.74 Å². The average molecular weight is 318 g/mol. The molecule has 0 N–H and O–H groups in total. The second kappa shape index (κ2) is 6.88. The Hall–Kier alpha value is -1.37. The highest BCUT2D eigenvalue weighted by molar-refractivity contribution is 7.88. The molecule has 0 spiro atoms. The van der Waals surface area contributed by atoms with Gasteiger partial charge >= 0.3 is 5.97 Å². The molecule has 0 unspecified atom stereocenters. The predicted molar refractivity (Wildman–Crippen MR) is 78.8 cm³/mol. The Morgan fingerprint density at radius 2 is 2.10 bits per heavy atom. The summed E-state index contributed by atoms with van der Waals surface area (Å²) in [5.41, 5.74) is 1.39. The largest absolute Gasteiger partial charge is 0.466 e. The minimum absolute atomic E-state index is 0.164. The molecule has 0 heterocycles. The number of carbonyl (C=O) groups is 1. The number of sulfonamides is 1. The van der Waals surface area contributed by atoms with Crippen molar-refractivity contribution in [2.75, 3.05) is 20.4 Å². The molecule has 0 atom stereocenters. The molecule has 110 valence electrons. The van der Waals surface area contributed by atoms with Gasteiger partial charge in [-0.2, -0.15) is 0 Å². The summed E-state index contributed by atoms with van der Waals surface area (Å²) in [6, 6.07) is 5.11. The lowest BCUT2D eigenvalue weighted by Crippen LogP contribution is -2.25. The van der Waals surface area contributed by atoms with Crippen LogP contribution in [0.5, 0.6) is 0 Å². The maximum absolute atomic E-state index is 11.4. The van der Waals surface area contributed by atoms with Gasteiger partial charge in [0, 0.05) is 24.7 Å². The molecule has 0 aromatic heterocycles. The summed E-state index contributed by atoms with van der Waals surface area (Å²) < 4.78 is 28.5. The molecule has 7 heteroatoms. The topological polar surface area (TPSA) is 63.7 Å². The van der Waals surface area contributed by atoms with Crippen molar-refractivity contribution in [2.45, 2.75) is 6.54 Å². The summed E-state index contributed by atoms with van der Waals surface area (Å²) >= 11 is 6.04. The van der Waals surface area contributed by atoms with Crippen LogP contribution in [0.2, 0.25) is 5.02 Å². The van der Waals surface area contributed by atoms with Gasteiger partial charge in [-0.1, -0.05) is 17.7 Å². The van der Waals surface area contributed by atoms with Crippen molar-refractivity contribution in [3.63, 3.8) is 0 Å². The number of hydrogen-bond acceptors (Lipinski definition) is 4. The van der Waals surface area contributed by atoms with Gasteiger partial charge in [-0.25, -0.2) is 17.5 Å². The van der Waals surface area contributed by atoms with Crippen LogP contribution >= 0.6 is 11.6 Å². The Balaban J connectivity index is 2.98. The van der Waals surface area contributed by atoms with Crippen molar-refractivity contribution >= 4 is 33.7 Å². The molecule has 0 amide bonds. The zero-order valence-electron chi connectivity index (χ0n) is 11.5. The molecule has 5 nitrogen and oxygen atoms in total. The first kappa shape index (κ1) is 16.7. The third-order valence-electron chi connectivity index (χ3n) is 2.64. The molecule has 0 radical (unpaired) electrons. The van der Waals surface area contributed by atoms with Gasteiger partial charge in [0.1, 0.15) is 0 Å². The standard InChI is InChI=1S/C13H16ClNO4S/c1-15(20(3,17)18)9-11-8-10(4-6-12(11)14)5-7-13(16)19-2/h4-8H,9H2,1-3H3. The minimum Gasteiger partial charge on any atom is -0.466 e. The summed E-state index contributed by atoms with van der Waals surface area (Å²) in [5, 5.41) is 0.468. The molecule has 0 aliphatic carbocycles. The van der Waals surface area contributed by atoms with Crippen molar-refractivity contribution < 1.29 is 17.9 Å². The van der Waals surface area contributed by atoms with Crippen LogP contribution in [0.25, 0.3) is 6.08 Å². The van der Waals surface area contributed by atoms with E-state index in [4.69, 9.17) is 11.6 Å². The summed E-state index contributed by atoms with van der Waals surface area (Å²) in [6.45, 7) is 0.164. The van der Waals surface area contributed by atoms with Crippen LogP contribution in [0.3, 0.4) is 0 Å². The van der Waals surface area contributed by atoms with Crippen molar-refractivity contribution in [1.82, 2.24) is 4.31 Å². The number of hydrogen-bond donors (Lipinski definition) is 0. The van der Waals surface area contributed by atoms with Gasteiger partial charge in [-0.15, -0.1) is 0 Å². The van der Waals surface area contributed by atoms with Crippen LogP contribution in [0.4, 0.5) is 0 Å². The van der Waals surface area contributed by atoms with Crippen molar-refractivity contribution in [1.29, 1.82) is 0 Å². The number of ether oxygens (including phenoxy) is 1. The Bertz CT molecular complexity index is 625. The number of nitrogens with zero attached hydrogens (tertiary/aromatic N) is 1. The zero-order valence-corrected chi connectivity index (χ0v) is 13.0. The van der Waals surface area contributed by atoms with Crippen molar-refractivity contribution in [2.24, 2.45) is 0 Å². The van der Waals surface area contributed by atoms with E-state index in [9.17, 15) is 13.2 Å². The highest BCUT2D eigenvalue weighted by Gasteiger charge is 2.13. The van der Waals surface area contributed by atoms with Gasteiger partial charge in [0.15, 0.2) is 0 Å². The second-order valence-corrected chi connectivity index (χ2v) is 6.72. The first-order valence-electron chi connectivity index (χ1n) is 5.70. The molecule has 1 rings (SSSR count). The Morgan fingerprint density at radius 3 is 2.65 bits per heavy atom. The molecule has 1 aromatic carbocycles. The van der Waals surface area contributed by atoms with Crippen molar-refractivity contribution in [3.8, 4) is 0 Å². The van der Waals surface area contributed by atoms with E-state index in [0.29, 0.717) is 10.6 Å². The van der Waals surface area contributed by atoms with E-state index in [1.165, 1.54) is 24.5 Å². The number of rotatable bonds is 5. The molecule has 0 fully saturated rings. The lowest BCUT2D eigenvalue weighted by molar-refractivity contribution is -0.134. The molecular weight excluding hydrogens is 302 g/mol. The first-order valence-corrected chi connectivity index (χ1v) is 7.92. The summed E-state index contributed by atoms with van der Waals surface area (Å²) in [5.74, 6) is -0.463. The van der Waals surface area contributed by atoms with Gasteiger partial charge in [0.05, 0.1) is 13.4 Å². The third-order valence-corrected chi connectivity index (χ3v) is 4.27. The van der Waals surface area contributed by atoms with E-state index in [0.717, 1.165) is 11.8 Å². The van der Waals surface area contributed by atoms with E-state index >= 15 is 0 Å². The Labute approximate surface area is 123 Å². The number of carbonyl (C=O) groups excluding carboxylic acids is 1. The zero-order chi connectivity index (χ0) is 15.3. The van der Waals surface area contributed by atoms with Crippen LogP contribution in [0, 0.1) is 0 Å². The Kier molecular flexibility index (Phi) is 5.74. The van der Waals surface area contributed by atoms with Gasteiger partial charge in [-0.05, 0) is 29.3 Å². The van der Waals surface area contributed by atoms with Crippen LogP contribution in [-0.4, -0.2) is 39.1 Å². The molecule has 0 saturated carbocycles. The average Bonchev–Trinajstić information content (AvgIpc) is 2.38. The van der Waals surface area contributed by atoms with Crippen molar-refractivity contribution in [3.05, 3.63) is 40.4 Å². The van der Waals surface area contributed by atoms with E-state index < -0.39 is 16.0 Å². The fraction of sp³-hybridized carbons (Fsp3) is 0.308. The fourth-order valence-corrected chi connectivity index (χ4v) is 1.96. The molecule has 0 bridgehead atoms. The monoisotopic (exact) mass is 317 g/mol. The third kappa shape index (κ3) is 4.96. The van der Waals surface area contributed by atoms with Crippen LogP contribution in [0.1, 0.15) is 11.1 Å². The van der Waals surface area contributed by atoms with Gasteiger partial charge in [0.25, 0.3) is 0 Å². The quantitative estimate of drug-likeness (QED) is 0.615. The lowest BCUT2D eigenvalue weighted by atomic mass is 10.1. The molecule has 0 aliphatic rings. The summed E-state index contributed by atoms with van der Waals surface area (Å²) in [7, 11) is -0.510. The number of halogens is 1. The number of methoxy groups -OCH3 is 1. The molecule has 0 aliphatic heterocycles. The van der Waals surface area contributed by atoms with Gasteiger partial charge in [-0.3, -0.25) is 0 Å². The molecule has 20 heavy (non-hydrogen) atoms. The highest BCUT2D eigenvalue weighted by atomic mass is 35.5. The normalized spacial score (nSPS) is 12.1. The van der Waals surface area contributed by atoms with Crippen LogP contribution in [-0.2, 0) is 26.1 Å². The highest BCUT2D eigenvalue weighted by Crippen LogP contribution is 2.20. The maximum Gasteiger partial charge on any atom is 0.330 e. The number of benzene rings is 1. The van der Waals surface area contributed by atoms with Gasteiger partial charge in [0.2, 0.25) is 10.0 Å². The van der Waals surface area contributed by atoms with E-state index in [1.54, 1.807) is 24.3 Å². The maximum atomic E-state index is 11.4. The smallest absolute Gasteiger partial charge is 0.330 e. The number of esters is 1.